The maximum absolute atomic E-state index is 15.4. The molecule has 8 fully saturated rings. The van der Waals surface area contributed by atoms with Gasteiger partial charge in [-0.3, -0.25) is 43.9 Å². The molecule has 9 aliphatic rings. The summed E-state index contributed by atoms with van der Waals surface area (Å²) in [6.45, 7) is 17.1. The summed E-state index contributed by atoms with van der Waals surface area (Å²) in [6, 6.07) is 16.8. The molecule has 3 amide bonds. The normalized spacial score (nSPS) is 29.3. The molecule has 8 heterocycles. The number of hydrogen-bond acceptors (Lipinski definition) is 12. The first-order valence-corrected chi connectivity index (χ1v) is 31.2. The second-order valence-corrected chi connectivity index (χ2v) is 26.9. The van der Waals surface area contributed by atoms with Crippen molar-refractivity contribution >= 4 is 40.3 Å². The van der Waals surface area contributed by atoms with E-state index >= 15 is 9.59 Å². The fourth-order valence-corrected chi connectivity index (χ4v) is 15.8. The Balaban J connectivity index is 0.830. The Morgan fingerprint density at radius 2 is 1.67 bits per heavy atom. The van der Waals surface area contributed by atoms with E-state index in [1.54, 1.807) is 12.1 Å². The van der Waals surface area contributed by atoms with Crippen molar-refractivity contribution in [3.05, 3.63) is 71.5 Å². The molecule has 434 valence electrons. The first kappa shape index (κ1) is 54.8. The molecule has 2 aromatic carbocycles. The van der Waals surface area contributed by atoms with Crippen LogP contribution < -0.4 is 15.6 Å². The first-order valence-electron chi connectivity index (χ1n) is 31.2. The highest BCUT2D eigenvalue weighted by Crippen LogP contribution is 2.49. The number of nitrogens with one attached hydrogen (secondary N) is 2. The van der Waals surface area contributed by atoms with Crippen molar-refractivity contribution in [1.29, 1.82) is 0 Å². The number of methoxy groups -OCH3 is 1. The number of piperazine rings is 1. The number of benzene rings is 2. The molecule has 6 bridgehead atoms. The van der Waals surface area contributed by atoms with Gasteiger partial charge in [0.15, 0.2) is 0 Å². The van der Waals surface area contributed by atoms with Crippen LogP contribution in [-0.2, 0) is 48.0 Å². The van der Waals surface area contributed by atoms with Crippen molar-refractivity contribution in [2.75, 3.05) is 84.6 Å². The summed E-state index contributed by atoms with van der Waals surface area (Å²) in [7, 11) is 3.86. The summed E-state index contributed by atoms with van der Waals surface area (Å²) in [6.07, 6.45) is 14.9. The number of anilines is 1. The molecule has 1 unspecified atom stereocenters. The number of hydrazine groups is 1. The monoisotopic (exact) mass is 1100 g/mol. The molecule has 3 saturated carbocycles. The third-order valence-electron chi connectivity index (χ3n) is 20.7. The van der Waals surface area contributed by atoms with E-state index in [1.807, 2.05) is 6.20 Å². The van der Waals surface area contributed by atoms with Crippen molar-refractivity contribution in [2.24, 2.45) is 22.7 Å². The lowest BCUT2D eigenvalue weighted by Gasteiger charge is -2.37. The van der Waals surface area contributed by atoms with Gasteiger partial charge in [-0.2, -0.15) is 0 Å². The van der Waals surface area contributed by atoms with Crippen LogP contribution in [0.5, 0.6) is 0 Å². The minimum Gasteiger partial charge on any atom is -0.464 e. The van der Waals surface area contributed by atoms with Crippen LogP contribution in [0.2, 0.25) is 0 Å². The van der Waals surface area contributed by atoms with E-state index in [4.69, 9.17) is 14.5 Å². The van der Waals surface area contributed by atoms with Gasteiger partial charge in [-0.1, -0.05) is 57.0 Å². The number of pyridine rings is 1. The average Bonchev–Trinajstić information content (AvgIpc) is 4.63. The van der Waals surface area contributed by atoms with Crippen LogP contribution in [0.25, 0.3) is 33.3 Å². The maximum atomic E-state index is 15.4. The molecule has 16 nitrogen and oxygen atoms in total. The lowest BCUT2D eigenvalue weighted by molar-refractivity contribution is -0.155. The molecule has 1 spiro atoms. The van der Waals surface area contributed by atoms with Crippen LogP contribution in [0, 0.1) is 22.7 Å². The first-order chi connectivity index (χ1) is 39.2. The molecule has 8 atom stereocenters. The van der Waals surface area contributed by atoms with Crippen LogP contribution >= 0.6 is 0 Å². The quantitative estimate of drug-likeness (QED) is 0.106. The van der Waals surface area contributed by atoms with Gasteiger partial charge < -0.3 is 29.2 Å². The van der Waals surface area contributed by atoms with Crippen molar-refractivity contribution in [2.45, 2.75) is 166 Å². The predicted octanol–water partition coefficient (Wildman–Crippen LogP) is 7.61. The fourth-order valence-electron chi connectivity index (χ4n) is 15.8. The second-order valence-electron chi connectivity index (χ2n) is 26.9. The number of ether oxygens (including phenoxy) is 2. The smallest absolute Gasteiger partial charge is 0.324 e. The Morgan fingerprint density at radius 1 is 0.889 bits per heavy atom. The van der Waals surface area contributed by atoms with Gasteiger partial charge in [-0.25, -0.2) is 5.43 Å². The van der Waals surface area contributed by atoms with E-state index in [2.05, 4.69) is 123 Å². The number of carbonyl (C=O) groups is 4. The number of fused-ring (bicyclic) bond motifs is 6. The highest BCUT2D eigenvalue weighted by molar-refractivity contribution is 5.96. The number of carbonyl (C=O) groups excluding carboxylic acids is 4. The van der Waals surface area contributed by atoms with Gasteiger partial charge in [0.05, 0.1) is 42.0 Å². The van der Waals surface area contributed by atoms with Crippen molar-refractivity contribution in [1.82, 2.24) is 44.9 Å². The number of aryl methyl sites for hydroxylation is 1. The maximum Gasteiger partial charge on any atom is 0.324 e. The van der Waals surface area contributed by atoms with Gasteiger partial charge in [0.1, 0.15) is 18.1 Å². The summed E-state index contributed by atoms with van der Waals surface area (Å²) in [5.74, 6) is 0.411. The number of aromatic nitrogens is 2. The molecule has 3 aliphatic carbocycles. The van der Waals surface area contributed by atoms with Crippen LogP contribution in [0.1, 0.15) is 128 Å². The number of esters is 1. The van der Waals surface area contributed by atoms with E-state index in [0.29, 0.717) is 37.8 Å². The zero-order valence-electron chi connectivity index (χ0n) is 49.1. The van der Waals surface area contributed by atoms with E-state index < -0.39 is 17.5 Å². The van der Waals surface area contributed by atoms with Crippen molar-refractivity contribution in [3.63, 3.8) is 0 Å². The Kier molecular flexibility index (Phi) is 14.9. The minimum atomic E-state index is -0.895. The number of likely N-dealkylation sites (tertiary alicyclic amines) is 2. The van der Waals surface area contributed by atoms with Crippen LogP contribution in [-0.4, -0.2) is 174 Å². The second kappa shape index (κ2) is 22.0. The third kappa shape index (κ3) is 10.8. The van der Waals surface area contributed by atoms with Gasteiger partial charge in [0, 0.05) is 112 Å². The standard InChI is InChI=1S/C65H88N10O6/c1-7-74-54-22-19-46-34-49(54)51(58(74)50-35-48(37-66-55(50)41(2)80-6)71-30-28-70(29-31-71)47-20-21-47)36-64(3,4)40-81-63(79)52-16-11-25-75(68-52)61(77)53(33-42-12-10-15-45(46)32-42)67-60(76)57(43-13-8-9-14-43)72-26-23-65(38-72)24-27-73(39-65)62(78)59-56(69(59)5)44-17-18-44/h10,12,15,19,22,32,34-35,37,41,43-44,47,52-53,56-57,59,68H,7-9,11,13-14,16-18,20-21,23-31,33,36,38-40H2,1-6H3,(H,67,76)/t41-,52-,53-,56+,57-,59+,65-,69?/m0/s1. The minimum absolute atomic E-state index is 0.0260. The van der Waals surface area contributed by atoms with E-state index in [9.17, 15) is 9.59 Å². The summed E-state index contributed by atoms with van der Waals surface area (Å²) < 4.78 is 14.9. The van der Waals surface area contributed by atoms with E-state index in [-0.39, 0.29) is 66.2 Å². The summed E-state index contributed by atoms with van der Waals surface area (Å²) in [5, 5.41) is 6.13. The van der Waals surface area contributed by atoms with Gasteiger partial charge in [0.25, 0.3) is 5.91 Å². The topological polar surface area (TPSA) is 148 Å². The number of nitrogens with zero attached hydrogens (tertiary/aromatic N) is 8. The van der Waals surface area contributed by atoms with Gasteiger partial charge in [0.2, 0.25) is 11.8 Å². The van der Waals surface area contributed by atoms with E-state index in [1.165, 1.54) is 31.2 Å². The van der Waals surface area contributed by atoms with Gasteiger partial charge in [-0.15, -0.1) is 0 Å². The zero-order valence-corrected chi connectivity index (χ0v) is 49.1. The lowest BCUT2D eigenvalue weighted by Crippen LogP contribution is -2.62. The number of likely N-dealkylation sites (N-methyl/N-ethyl adjacent to an activating group) is 1. The fraction of sp³-hybridized carbons (Fsp3) is 0.646. The molecular formula is C65H88N10O6. The molecule has 16 heteroatoms. The van der Waals surface area contributed by atoms with Crippen LogP contribution in [0.15, 0.2) is 54.7 Å². The molecule has 81 heavy (non-hydrogen) atoms. The Hall–Kier alpha value is -5.39. The van der Waals surface area contributed by atoms with Crippen molar-refractivity contribution in [3.8, 4) is 22.4 Å². The lowest BCUT2D eigenvalue weighted by atomic mass is 9.84. The highest BCUT2D eigenvalue weighted by atomic mass is 16.5. The SMILES string of the molecule is CCn1c(-c2cc(N3CCN(C4CC4)CC3)cnc2[C@H](C)OC)c2c3cc(ccc31)-c1cccc(c1)C[C@H](NC(=O)[C@H](C1CCCC1)N1CC[C@]3(CCN(C(=O)[C@H]4[C@@H](C5CC5)N4C)C3)C1)C(=O)N1CCC[C@H](N1)C(=O)OCC(C)(C)C2. The molecule has 6 aliphatic heterocycles. The molecule has 4 aromatic rings. The summed E-state index contributed by atoms with van der Waals surface area (Å²) in [5.41, 5.74) is 12.3. The van der Waals surface area contributed by atoms with Crippen molar-refractivity contribution < 1.29 is 28.7 Å². The Bertz CT molecular complexity index is 3050. The Morgan fingerprint density at radius 3 is 2.42 bits per heavy atom. The summed E-state index contributed by atoms with van der Waals surface area (Å²) in [4.78, 5) is 76.0. The summed E-state index contributed by atoms with van der Waals surface area (Å²) >= 11 is 0. The number of hydrogen-bond donors (Lipinski definition) is 2. The number of cyclic esters (lactones) is 1. The van der Waals surface area contributed by atoms with Crippen LogP contribution in [0.4, 0.5) is 5.69 Å². The molecule has 0 radical (unpaired) electrons. The number of amides is 3. The zero-order chi connectivity index (χ0) is 55.9. The third-order valence-corrected chi connectivity index (χ3v) is 20.7. The number of rotatable bonds is 12. The molecule has 5 saturated heterocycles. The highest BCUT2D eigenvalue weighted by Gasteiger charge is 2.59. The largest absolute Gasteiger partial charge is 0.464 e. The molecule has 2 aromatic heterocycles. The Labute approximate surface area is 479 Å². The average molecular weight is 1110 g/mol. The van der Waals surface area contributed by atoms with Crippen LogP contribution in [0.3, 0.4) is 0 Å². The van der Waals surface area contributed by atoms with Gasteiger partial charge in [-0.05, 0) is 150 Å². The molecular weight excluding hydrogens is 1020 g/mol. The van der Waals surface area contributed by atoms with Gasteiger partial charge >= 0.3 is 5.97 Å². The van der Waals surface area contributed by atoms with E-state index in [0.717, 1.165) is 154 Å². The predicted molar refractivity (Wildman–Crippen MR) is 314 cm³/mol. The molecule has 13 rings (SSSR count). The molecule has 2 N–H and O–H groups in total.